The van der Waals surface area contributed by atoms with Gasteiger partial charge in [-0.15, -0.1) is 0 Å². The monoisotopic (exact) mass is 983 g/mol. The first kappa shape index (κ1) is 44.4. The Morgan fingerprint density at radius 1 is 0.569 bits per heavy atom. The molecule has 0 aromatic heterocycles. The summed E-state index contributed by atoms with van der Waals surface area (Å²) in [6.07, 6.45) is 7.21. The number of nitrogens with one attached hydrogen (secondary N) is 2. The number of carbonyl (C=O) groups excluding carboxylic acids is 2. The van der Waals surface area contributed by atoms with Gasteiger partial charge in [0.15, 0.2) is 0 Å². The van der Waals surface area contributed by atoms with Crippen molar-refractivity contribution in [3.05, 3.63) is 129 Å². The van der Waals surface area contributed by atoms with Crippen LogP contribution in [0.1, 0.15) is 147 Å². The third kappa shape index (κ3) is 7.80. The van der Waals surface area contributed by atoms with Crippen LogP contribution in [0.3, 0.4) is 0 Å². The van der Waals surface area contributed by atoms with Gasteiger partial charge >= 0.3 is 359 Å². The molecule has 2 N–H and O–H groups in total. The van der Waals surface area contributed by atoms with E-state index in [1.54, 1.807) is 0 Å². The van der Waals surface area contributed by atoms with Gasteiger partial charge in [0.25, 0.3) is 0 Å². The topological polar surface area (TPSA) is 58.2 Å². The number of halogens is 2. The molecule has 0 radical (unpaired) electrons. The summed E-state index contributed by atoms with van der Waals surface area (Å²) in [5, 5.41) is 6.62. The molecule has 0 saturated heterocycles. The second kappa shape index (κ2) is 17.8. The van der Waals surface area contributed by atoms with E-state index in [1.165, 1.54) is 22.3 Å². The normalized spacial score (nSPS) is 17.8. The van der Waals surface area contributed by atoms with Gasteiger partial charge in [-0.05, 0) is 0 Å². The first-order chi connectivity index (χ1) is 27.6. The van der Waals surface area contributed by atoms with Crippen LogP contribution in [-0.4, -0.2) is 16.4 Å². The Balaban J connectivity index is 1.72. The molecule has 305 valence electrons. The van der Waals surface area contributed by atoms with Crippen molar-refractivity contribution in [1.29, 1.82) is 0 Å². The summed E-state index contributed by atoms with van der Waals surface area (Å²) in [6.45, 7) is 21.6. The molecule has 0 fully saturated rings. The molecule has 2 aliphatic carbocycles. The van der Waals surface area contributed by atoms with Crippen molar-refractivity contribution < 1.29 is 25.5 Å². The number of benzene rings is 4. The van der Waals surface area contributed by atoms with Crippen molar-refractivity contribution in [3.8, 4) is 22.3 Å². The summed E-state index contributed by atoms with van der Waals surface area (Å²) in [4.78, 5) is 27.6. The fraction of sp³-hybridized carbons (Fsp3) is 0.400. The number of fused-ring (bicyclic) bond motifs is 2. The average Bonchev–Trinajstić information content (AvgIpc) is 3.85. The van der Waals surface area contributed by atoms with Crippen LogP contribution in [0.2, 0.25) is 0 Å². The van der Waals surface area contributed by atoms with Crippen molar-refractivity contribution in [1.82, 2.24) is 10.5 Å². The Bertz CT molecular complexity index is 2110. The molecule has 0 bridgehead atoms. The number of rotatable bonds is 15. The Kier molecular flexibility index (Phi) is 13.6. The maximum atomic E-state index is 13.8. The van der Waals surface area contributed by atoms with E-state index in [9.17, 15) is 9.59 Å². The average molecular weight is 983 g/mol. The van der Waals surface area contributed by atoms with E-state index in [2.05, 4.69) is 163 Å². The van der Waals surface area contributed by atoms with Crippen molar-refractivity contribution in [2.45, 2.75) is 114 Å². The van der Waals surface area contributed by atoms with Crippen molar-refractivity contribution in [3.63, 3.8) is 0 Å². The SMILES string of the molecule is CCC(=O)N[B](NC(=O)CC)[Hf]([Cl])([Cl])([CH]1C(C(C)C)=Cc2c(-c3ccccc3C(C)CC)cccc21)[CH]1C(C(C)C)=Cc2c(-c3ccccc3C(C)CC)cccc21. The van der Waals surface area contributed by atoms with E-state index in [-0.39, 0.29) is 36.5 Å². The van der Waals surface area contributed by atoms with E-state index in [4.69, 9.17) is 17.2 Å². The van der Waals surface area contributed by atoms with Gasteiger partial charge in [0, 0.05) is 0 Å². The van der Waals surface area contributed by atoms with Gasteiger partial charge < -0.3 is 0 Å². The summed E-state index contributed by atoms with van der Waals surface area (Å²) in [5.41, 5.74) is 14.1. The van der Waals surface area contributed by atoms with Crippen LogP contribution < -0.4 is 10.5 Å². The molecule has 0 heterocycles. The Morgan fingerprint density at radius 2 is 0.931 bits per heavy atom. The van der Waals surface area contributed by atoms with E-state index in [0.717, 1.165) is 57.4 Å². The second-order valence-corrected chi connectivity index (χ2v) is 47.8. The summed E-state index contributed by atoms with van der Waals surface area (Å²) >= 11 is -6.25. The Morgan fingerprint density at radius 3 is 1.28 bits per heavy atom. The zero-order valence-corrected chi connectivity index (χ0v) is 41.3. The number of amides is 2. The van der Waals surface area contributed by atoms with Gasteiger partial charge in [0.05, 0.1) is 0 Å². The summed E-state index contributed by atoms with van der Waals surface area (Å²) < 4.78 is -1.79. The van der Waals surface area contributed by atoms with Gasteiger partial charge in [-0.1, -0.05) is 0 Å². The first-order valence-electron chi connectivity index (χ1n) is 21.7. The number of carbonyl (C=O) groups is 2. The third-order valence-corrected chi connectivity index (χ3v) is 41.5. The van der Waals surface area contributed by atoms with Gasteiger partial charge in [0.1, 0.15) is 0 Å². The molecule has 6 rings (SSSR count). The van der Waals surface area contributed by atoms with Crippen molar-refractivity contribution in [2.24, 2.45) is 11.8 Å². The van der Waals surface area contributed by atoms with Crippen LogP contribution in [0.5, 0.6) is 0 Å². The van der Waals surface area contributed by atoms with Crippen molar-refractivity contribution in [2.75, 3.05) is 0 Å². The number of hydrogen-bond acceptors (Lipinski definition) is 2. The van der Waals surface area contributed by atoms with Gasteiger partial charge in [-0.25, -0.2) is 0 Å². The zero-order chi connectivity index (χ0) is 42.1. The molecule has 58 heavy (non-hydrogen) atoms. The van der Waals surface area contributed by atoms with Crippen LogP contribution in [0, 0.1) is 11.8 Å². The molecule has 0 spiro atoms. The molecular formula is C50H62BCl2HfN2O2. The standard InChI is InChI=1S/2C22H25.C6H11BN2O2.2ClH.Hf/c2*1-5-16(4)19-10-6-7-11-20(19)21-12-8-9-17-13-18(15(2)3)14-22(17)21;1-3-5(10)8-7-9-6(11)4-2;;;/h2*6-16H,5H2,1-4H3;3-4H2,1-2H3,(H-,8,9,10,11);2*1H;/q;;;;;+1/p-1. The van der Waals surface area contributed by atoms with E-state index in [0.29, 0.717) is 11.8 Å². The van der Waals surface area contributed by atoms with Crippen LogP contribution in [0.15, 0.2) is 96.1 Å². The maximum absolute atomic E-state index is 13.8. The molecule has 0 saturated carbocycles. The van der Waals surface area contributed by atoms with Gasteiger partial charge in [0.2, 0.25) is 0 Å². The Labute approximate surface area is 356 Å². The van der Waals surface area contributed by atoms with E-state index in [1.807, 2.05) is 13.8 Å². The van der Waals surface area contributed by atoms with Crippen LogP contribution in [0.25, 0.3) is 34.4 Å². The predicted octanol–water partition coefficient (Wildman–Crippen LogP) is 14.0. The fourth-order valence-electron chi connectivity index (χ4n) is 9.67. The molecular weight excluding hydrogens is 921 g/mol. The molecule has 4 aromatic rings. The third-order valence-electron chi connectivity index (χ3n) is 13.2. The molecule has 2 amide bonds. The summed E-state index contributed by atoms with van der Waals surface area (Å²) in [7, 11) is 18.0. The first-order valence-corrected chi connectivity index (χ1v) is 36.8. The molecule has 4 atom stereocenters. The molecule has 8 heteroatoms. The van der Waals surface area contributed by atoms with E-state index < -0.39 is 27.8 Å². The van der Waals surface area contributed by atoms with Crippen molar-refractivity contribution >= 4 is 45.7 Å². The van der Waals surface area contributed by atoms with Gasteiger partial charge in [-0.3, -0.25) is 0 Å². The summed E-state index contributed by atoms with van der Waals surface area (Å²) in [5.74, 6) is 0.507. The second-order valence-electron chi connectivity index (χ2n) is 17.4. The molecule has 4 unspecified atom stereocenters. The molecule has 0 aliphatic heterocycles. The van der Waals surface area contributed by atoms with Gasteiger partial charge in [-0.2, -0.15) is 0 Å². The molecule has 4 aromatic carbocycles. The van der Waals surface area contributed by atoms with Crippen LogP contribution in [-0.2, 0) is 25.5 Å². The zero-order valence-electron chi connectivity index (χ0n) is 36.2. The summed E-state index contributed by atoms with van der Waals surface area (Å²) in [6, 6.07) is 30.6. The number of hydrogen-bond donors (Lipinski definition) is 2. The number of allylic oxidation sites excluding steroid dienone is 2. The Hall–Kier alpha value is -3.18. The predicted molar refractivity (Wildman–Crippen MR) is 247 cm³/mol. The van der Waals surface area contributed by atoms with E-state index >= 15 is 0 Å². The minimum atomic E-state index is -6.25. The van der Waals surface area contributed by atoms with Crippen LogP contribution >= 0.6 is 17.2 Å². The van der Waals surface area contributed by atoms with Crippen LogP contribution in [0.4, 0.5) is 0 Å². The quantitative estimate of drug-likeness (QED) is 0.117. The molecule has 2 aliphatic rings. The minimum absolute atomic E-state index is 0.0774. The fourth-order valence-corrected chi connectivity index (χ4v) is 39.8. The molecule has 4 nitrogen and oxygen atoms in total.